The summed E-state index contributed by atoms with van der Waals surface area (Å²) in [4.78, 5) is 32.7. The molecule has 0 fully saturated rings. The highest BCUT2D eigenvalue weighted by Crippen LogP contribution is 2.38. The van der Waals surface area contributed by atoms with Gasteiger partial charge < -0.3 is 21.1 Å². The molecule has 2 aromatic rings. The Kier molecular flexibility index (Phi) is 12.0. The maximum Gasteiger partial charge on any atom is 0.255 e. The van der Waals surface area contributed by atoms with Gasteiger partial charge in [0.25, 0.3) is 5.91 Å². The van der Waals surface area contributed by atoms with Crippen molar-refractivity contribution < 1.29 is 23.5 Å². The Morgan fingerprint density at radius 3 is 2.43 bits per heavy atom. The molecule has 0 aromatic heterocycles. The molecule has 2 aromatic carbocycles. The standard InChI is InChI=1S/C33H40F2N4O3/c1-4-8-23-9-7-10-24(13-23)19-37-21-30(40)29(16-25-14-27(34)17-28(35)15-25)33(32(36)42)18-26(20-38-22-33)31(41)39(11-5-2)12-6-3/h7,9-10,13-15,17-18,20,29-30,37,40H,5-6,11-12,16,19,21-22H2,1-3H3,(H2,36,42)/t29-,30+,33?/m1/s1. The van der Waals surface area contributed by atoms with Gasteiger partial charge in [-0.2, -0.15) is 0 Å². The molecule has 0 spiro atoms. The van der Waals surface area contributed by atoms with Crippen LogP contribution in [0.4, 0.5) is 8.78 Å². The molecule has 7 nitrogen and oxygen atoms in total. The largest absolute Gasteiger partial charge is 0.391 e. The minimum atomic E-state index is -1.58. The van der Waals surface area contributed by atoms with E-state index in [1.54, 1.807) is 11.8 Å². The molecule has 4 N–H and O–H groups in total. The lowest BCUT2D eigenvalue weighted by molar-refractivity contribution is -0.130. The first-order valence-electron chi connectivity index (χ1n) is 14.3. The van der Waals surface area contributed by atoms with Crippen molar-refractivity contribution in [1.29, 1.82) is 0 Å². The smallest absolute Gasteiger partial charge is 0.255 e. The summed E-state index contributed by atoms with van der Waals surface area (Å²) in [5, 5.41) is 14.7. The van der Waals surface area contributed by atoms with Crippen molar-refractivity contribution in [3.05, 3.63) is 82.4 Å². The molecular weight excluding hydrogens is 538 g/mol. The van der Waals surface area contributed by atoms with Gasteiger partial charge in [-0.1, -0.05) is 38.0 Å². The van der Waals surface area contributed by atoms with Gasteiger partial charge in [0.2, 0.25) is 5.91 Å². The zero-order valence-electron chi connectivity index (χ0n) is 24.5. The fourth-order valence-electron chi connectivity index (χ4n) is 5.42. The molecule has 0 radical (unpaired) electrons. The maximum atomic E-state index is 14.2. The van der Waals surface area contributed by atoms with Crippen molar-refractivity contribution >= 4 is 18.0 Å². The monoisotopic (exact) mass is 578 g/mol. The molecule has 0 bridgehead atoms. The third-order valence-corrected chi connectivity index (χ3v) is 7.36. The van der Waals surface area contributed by atoms with Crippen LogP contribution in [0.25, 0.3) is 0 Å². The second-order valence-corrected chi connectivity index (χ2v) is 10.6. The number of carbonyl (C=O) groups is 2. The van der Waals surface area contributed by atoms with Gasteiger partial charge >= 0.3 is 0 Å². The van der Waals surface area contributed by atoms with Crippen molar-refractivity contribution in [2.45, 2.75) is 52.7 Å². The van der Waals surface area contributed by atoms with Crippen LogP contribution in [0, 0.1) is 34.8 Å². The molecule has 2 amide bonds. The third-order valence-electron chi connectivity index (χ3n) is 7.36. The third kappa shape index (κ3) is 8.34. The maximum absolute atomic E-state index is 14.2. The van der Waals surface area contributed by atoms with Crippen molar-refractivity contribution in [1.82, 2.24) is 10.2 Å². The predicted molar refractivity (Wildman–Crippen MR) is 160 cm³/mol. The highest BCUT2D eigenvalue weighted by atomic mass is 19.1. The second kappa shape index (κ2) is 15.4. The lowest BCUT2D eigenvalue weighted by atomic mass is 9.67. The number of rotatable bonds is 14. The van der Waals surface area contributed by atoms with Crippen LogP contribution in [0.1, 0.15) is 50.3 Å². The molecule has 3 rings (SSSR count). The summed E-state index contributed by atoms with van der Waals surface area (Å²) in [5.41, 5.74) is 6.67. The summed E-state index contributed by atoms with van der Waals surface area (Å²) in [6.07, 6.45) is 3.16. The first-order valence-corrected chi connectivity index (χ1v) is 14.3. The van der Waals surface area contributed by atoms with Crippen molar-refractivity contribution in [2.75, 3.05) is 26.2 Å². The Hall–Kier alpha value is -3.87. The van der Waals surface area contributed by atoms with Crippen LogP contribution in [0.3, 0.4) is 0 Å². The van der Waals surface area contributed by atoms with Crippen molar-refractivity contribution in [3.63, 3.8) is 0 Å². The van der Waals surface area contributed by atoms with E-state index in [0.717, 1.165) is 42.2 Å². The summed E-state index contributed by atoms with van der Waals surface area (Å²) in [7, 11) is 0. The fourth-order valence-corrected chi connectivity index (χ4v) is 5.42. The molecule has 0 saturated carbocycles. The van der Waals surface area contributed by atoms with Crippen LogP contribution >= 0.6 is 0 Å². The van der Waals surface area contributed by atoms with E-state index in [1.165, 1.54) is 12.3 Å². The number of benzene rings is 2. The Balaban J connectivity index is 1.97. The first-order chi connectivity index (χ1) is 20.1. The number of hydrogen-bond donors (Lipinski definition) is 3. The van der Waals surface area contributed by atoms with E-state index in [-0.39, 0.29) is 36.6 Å². The van der Waals surface area contributed by atoms with Crippen LogP contribution < -0.4 is 11.1 Å². The van der Waals surface area contributed by atoms with Crippen LogP contribution in [0.5, 0.6) is 0 Å². The molecule has 224 valence electrons. The number of nitrogens with one attached hydrogen (secondary N) is 1. The van der Waals surface area contributed by atoms with E-state index >= 15 is 0 Å². The summed E-state index contributed by atoms with van der Waals surface area (Å²) < 4.78 is 28.3. The Morgan fingerprint density at radius 2 is 1.81 bits per heavy atom. The highest BCUT2D eigenvalue weighted by Gasteiger charge is 2.47. The Bertz CT molecular complexity index is 1350. The molecule has 1 aliphatic rings. The average molecular weight is 579 g/mol. The van der Waals surface area contributed by atoms with E-state index in [9.17, 15) is 23.5 Å². The molecular formula is C33H40F2N4O3. The van der Waals surface area contributed by atoms with Crippen molar-refractivity contribution in [2.24, 2.45) is 22.1 Å². The molecule has 1 unspecified atom stereocenters. The van der Waals surface area contributed by atoms with Crippen LogP contribution in [-0.2, 0) is 22.6 Å². The minimum Gasteiger partial charge on any atom is -0.391 e. The second-order valence-electron chi connectivity index (χ2n) is 10.6. The topological polar surface area (TPSA) is 108 Å². The van der Waals surface area contributed by atoms with Gasteiger partial charge in [-0.3, -0.25) is 14.6 Å². The molecule has 0 saturated heterocycles. The van der Waals surface area contributed by atoms with Gasteiger partial charge in [0, 0.05) is 49.9 Å². The number of aliphatic hydroxyl groups excluding tert-OH is 1. The van der Waals surface area contributed by atoms with E-state index in [2.05, 4.69) is 22.2 Å². The molecule has 9 heteroatoms. The molecule has 0 aliphatic carbocycles. The number of hydrogen-bond acceptors (Lipinski definition) is 5. The van der Waals surface area contributed by atoms with E-state index in [4.69, 9.17) is 5.73 Å². The van der Waals surface area contributed by atoms with E-state index < -0.39 is 35.0 Å². The lowest BCUT2D eigenvalue weighted by Gasteiger charge is -2.40. The van der Waals surface area contributed by atoms with Crippen LogP contribution in [0.2, 0.25) is 0 Å². The summed E-state index contributed by atoms with van der Waals surface area (Å²) in [5.74, 6) is 2.30. The quantitative estimate of drug-likeness (QED) is 0.297. The summed E-state index contributed by atoms with van der Waals surface area (Å²) in [6.45, 7) is 7.10. The summed E-state index contributed by atoms with van der Waals surface area (Å²) >= 11 is 0. The number of carbonyl (C=O) groups excluding carboxylic acids is 2. The molecule has 42 heavy (non-hydrogen) atoms. The zero-order valence-corrected chi connectivity index (χ0v) is 24.5. The number of aliphatic hydroxyl groups is 1. The number of amides is 2. The zero-order chi connectivity index (χ0) is 30.7. The highest BCUT2D eigenvalue weighted by molar-refractivity contribution is 6.13. The Morgan fingerprint density at radius 1 is 1.12 bits per heavy atom. The van der Waals surface area contributed by atoms with Crippen LogP contribution in [-0.4, -0.2) is 60.3 Å². The SMILES string of the molecule is CC#Cc1cccc(CNC[C@H](O)[C@@H](Cc2cc(F)cc(F)c2)C2(C(N)=O)C=C(C(=O)N(CCC)CCC)C=NC2)c1. The van der Waals surface area contributed by atoms with E-state index in [1.807, 2.05) is 38.1 Å². The van der Waals surface area contributed by atoms with Gasteiger partial charge in [0.1, 0.15) is 11.6 Å². The average Bonchev–Trinajstić information content (AvgIpc) is 2.95. The Labute approximate surface area is 246 Å². The lowest BCUT2D eigenvalue weighted by Crippen LogP contribution is -2.53. The normalized spacial score (nSPS) is 17.5. The first kappa shape index (κ1) is 32.6. The van der Waals surface area contributed by atoms with Crippen molar-refractivity contribution in [3.8, 4) is 11.8 Å². The predicted octanol–water partition coefficient (Wildman–Crippen LogP) is 3.78. The minimum absolute atomic E-state index is 0.0415. The number of dihydropyridines is 1. The number of primary amides is 1. The number of nitrogens with two attached hydrogens (primary N) is 1. The molecule has 1 heterocycles. The van der Waals surface area contributed by atoms with Gasteiger partial charge in [0.05, 0.1) is 23.6 Å². The van der Waals surface area contributed by atoms with Gasteiger partial charge in [-0.05, 0) is 61.6 Å². The number of aliphatic imine (C=N–C) groups is 1. The van der Waals surface area contributed by atoms with Gasteiger partial charge in [0.15, 0.2) is 0 Å². The summed E-state index contributed by atoms with van der Waals surface area (Å²) in [6, 6.07) is 10.7. The number of nitrogens with zero attached hydrogens (tertiary/aromatic N) is 2. The van der Waals surface area contributed by atoms with Gasteiger partial charge in [-0.15, -0.1) is 5.92 Å². The van der Waals surface area contributed by atoms with E-state index in [0.29, 0.717) is 19.6 Å². The number of halogens is 2. The molecule has 3 atom stereocenters. The molecule has 1 aliphatic heterocycles. The van der Waals surface area contributed by atoms with Crippen LogP contribution in [0.15, 0.2) is 59.1 Å². The van der Waals surface area contributed by atoms with Gasteiger partial charge in [-0.25, -0.2) is 8.78 Å². The fraction of sp³-hybridized carbons (Fsp3) is 0.424.